The zero-order chi connectivity index (χ0) is 14.0. The maximum atomic E-state index is 9.65. The first-order valence-electron chi connectivity index (χ1n) is 7.23. The zero-order valence-corrected chi connectivity index (χ0v) is 12.4. The van der Waals surface area contributed by atoms with E-state index < -0.39 is 0 Å². The highest BCUT2D eigenvalue weighted by Crippen LogP contribution is 2.43. The van der Waals surface area contributed by atoms with Gasteiger partial charge in [0, 0.05) is 24.1 Å². The third-order valence-corrected chi connectivity index (χ3v) is 3.79. The van der Waals surface area contributed by atoms with Crippen LogP contribution in [0.2, 0.25) is 0 Å². The van der Waals surface area contributed by atoms with E-state index in [4.69, 9.17) is 4.74 Å². The normalized spacial score (nSPS) is 21.0. The summed E-state index contributed by atoms with van der Waals surface area (Å²) >= 11 is 0. The summed E-state index contributed by atoms with van der Waals surface area (Å²) in [6.07, 6.45) is 2.14. The van der Waals surface area contributed by atoms with Crippen LogP contribution in [-0.4, -0.2) is 28.7 Å². The molecule has 1 unspecified atom stereocenters. The highest BCUT2D eigenvalue weighted by atomic mass is 16.5. The molecule has 0 aliphatic carbocycles. The van der Waals surface area contributed by atoms with Gasteiger partial charge in [-0.25, -0.2) is 0 Å². The third-order valence-electron chi connectivity index (χ3n) is 3.79. The van der Waals surface area contributed by atoms with Gasteiger partial charge in [0.15, 0.2) is 0 Å². The Kier molecular flexibility index (Phi) is 4.04. The molecule has 1 aromatic carbocycles. The first-order chi connectivity index (χ1) is 8.96. The van der Waals surface area contributed by atoms with E-state index in [1.165, 1.54) is 5.56 Å². The van der Waals surface area contributed by atoms with Gasteiger partial charge in [-0.3, -0.25) is 4.90 Å². The Morgan fingerprint density at radius 1 is 1.37 bits per heavy atom. The molecule has 1 heterocycles. The molecule has 0 amide bonds. The number of benzene rings is 1. The summed E-state index contributed by atoms with van der Waals surface area (Å²) in [5.41, 5.74) is 1.01. The van der Waals surface area contributed by atoms with Gasteiger partial charge >= 0.3 is 0 Å². The minimum atomic E-state index is -0.188. The Labute approximate surface area is 116 Å². The number of rotatable bonds is 4. The lowest BCUT2D eigenvalue weighted by molar-refractivity contribution is 0.0310. The van der Waals surface area contributed by atoms with Gasteiger partial charge in [-0.05, 0) is 39.4 Å². The number of hydrogen-bond donors (Lipinski definition) is 1. The van der Waals surface area contributed by atoms with Crippen LogP contribution < -0.4 is 4.74 Å². The maximum absolute atomic E-state index is 9.65. The molecule has 0 radical (unpaired) electrons. The smallest absolute Gasteiger partial charge is 0.128 e. The molecule has 0 saturated carbocycles. The Morgan fingerprint density at radius 2 is 2.11 bits per heavy atom. The van der Waals surface area contributed by atoms with Crippen molar-refractivity contribution >= 4 is 0 Å². The minimum absolute atomic E-state index is 0.188. The number of nitrogens with zero attached hydrogens (tertiary/aromatic N) is 1. The van der Waals surface area contributed by atoms with E-state index in [-0.39, 0.29) is 11.4 Å². The molecule has 0 spiro atoms. The lowest BCUT2D eigenvalue weighted by Gasteiger charge is -2.42. The molecular formula is C16H25NO2. The van der Waals surface area contributed by atoms with E-state index in [0.29, 0.717) is 6.04 Å². The molecule has 1 aliphatic heterocycles. The topological polar surface area (TPSA) is 32.7 Å². The lowest BCUT2D eigenvalue weighted by atomic mass is 9.88. The van der Waals surface area contributed by atoms with Crippen molar-refractivity contribution in [3.8, 4) is 11.5 Å². The molecule has 3 nitrogen and oxygen atoms in total. The number of phenols is 1. The standard InChI is InChI=1S/C16H25NO2/c1-5-9-17(6-2)14-11-16(3,4)19-15-10-12(18)7-8-13(14)15/h7-8,10,14,18H,5-6,9,11H2,1-4H3. The fourth-order valence-corrected chi connectivity index (χ4v) is 2.95. The summed E-state index contributed by atoms with van der Waals surface area (Å²) in [5, 5.41) is 9.65. The number of ether oxygens (including phenoxy) is 1. The monoisotopic (exact) mass is 263 g/mol. The quantitative estimate of drug-likeness (QED) is 0.898. The SMILES string of the molecule is CCCN(CC)C1CC(C)(C)Oc2cc(O)ccc21. The summed E-state index contributed by atoms with van der Waals surface area (Å²) in [4.78, 5) is 2.50. The summed E-state index contributed by atoms with van der Waals surface area (Å²) in [7, 11) is 0. The van der Waals surface area contributed by atoms with Crippen LogP contribution >= 0.6 is 0 Å². The van der Waals surface area contributed by atoms with Gasteiger partial charge in [0.2, 0.25) is 0 Å². The van der Waals surface area contributed by atoms with Crippen LogP contribution in [0.5, 0.6) is 11.5 Å². The van der Waals surface area contributed by atoms with Crippen molar-refractivity contribution in [1.82, 2.24) is 4.90 Å². The molecule has 1 aliphatic rings. The van der Waals surface area contributed by atoms with Crippen molar-refractivity contribution < 1.29 is 9.84 Å². The van der Waals surface area contributed by atoms with Gasteiger partial charge in [0.1, 0.15) is 17.1 Å². The van der Waals surface area contributed by atoms with Crippen LogP contribution in [0.15, 0.2) is 18.2 Å². The molecule has 2 rings (SSSR count). The predicted octanol–water partition coefficient (Wildman–Crippen LogP) is 3.73. The fourth-order valence-electron chi connectivity index (χ4n) is 2.95. The molecule has 1 aromatic rings. The van der Waals surface area contributed by atoms with Crippen molar-refractivity contribution in [2.75, 3.05) is 13.1 Å². The van der Waals surface area contributed by atoms with Gasteiger partial charge in [-0.2, -0.15) is 0 Å². The minimum Gasteiger partial charge on any atom is -0.508 e. The van der Waals surface area contributed by atoms with E-state index in [0.717, 1.165) is 31.7 Å². The van der Waals surface area contributed by atoms with E-state index in [2.05, 4.69) is 32.6 Å². The number of fused-ring (bicyclic) bond motifs is 1. The van der Waals surface area contributed by atoms with Crippen molar-refractivity contribution in [3.63, 3.8) is 0 Å². The molecule has 0 saturated heterocycles. The second kappa shape index (κ2) is 5.41. The molecule has 0 fully saturated rings. The average molecular weight is 263 g/mol. The van der Waals surface area contributed by atoms with Gasteiger partial charge in [-0.1, -0.05) is 19.9 Å². The van der Waals surface area contributed by atoms with Crippen LogP contribution in [-0.2, 0) is 0 Å². The number of hydrogen-bond acceptors (Lipinski definition) is 3. The molecular weight excluding hydrogens is 238 g/mol. The van der Waals surface area contributed by atoms with Crippen LogP contribution in [0.3, 0.4) is 0 Å². The predicted molar refractivity (Wildman–Crippen MR) is 77.7 cm³/mol. The van der Waals surface area contributed by atoms with Gasteiger partial charge in [-0.15, -0.1) is 0 Å². The fraction of sp³-hybridized carbons (Fsp3) is 0.625. The second-order valence-electron chi connectivity index (χ2n) is 5.93. The van der Waals surface area contributed by atoms with E-state index in [1.54, 1.807) is 12.1 Å². The summed E-state index contributed by atoms with van der Waals surface area (Å²) in [6.45, 7) is 10.8. The van der Waals surface area contributed by atoms with Crippen molar-refractivity contribution in [2.24, 2.45) is 0 Å². The Bertz CT molecular complexity index is 442. The van der Waals surface area contributed by atoms with E-state index in [9.17, 15) is 5.11 Å². The average Bonchev–Trinajstić information content (AvgIpc) is 2.33. The summed E-state index contributed by atoms with van der Waals surface area (Å²) in [5.74, 6) is 1.10. The van der Waals surface area contributed by atoms with E-state index >= 15 is 0 Å². The molecule has 1 N–H and O–H groups in total. The summed E-state index contributed by atoms with van der Waals surface area (Å²) < 4.78 is 6.02. The lowest BCUT2D eigenvalue weighted by Crippen LogP contribution is -2.41. The van der Waals surface area contributed by atoms with Gasteiger partial charge in [0.05, 0.1) is 0 Å². The van der Waals surface area contributed by atoms with Crippen molar-refractivity contribution in [3.05, 3.63) is 23.8 Å². The Morgan fingerprint density at radius 3 is 2.74 bits per heavy atom. The van der Waals surface area contributed by atoms with Gasteiger partial charge < -0.3 is 9.84 Å². The second-order valence-corrected chi connectivity index (χ2v) is 5.93. The highest BCUT2D eigenvalue weighted by molar-refractivity contribution is 5.44. The number of phenolic OH excluding ortho intramolecular Hbond substituents is 1. The molecule has 3 heteroatoms. The van der Waals surface area contributed by atoms with E-state index in [1.807, 2.05) is 6.07 Å². The summed E-state index contributed by atoms with van der Waals surface area (Å²) in [6, 6.07) is 5.88. The van der Waals surface area contributed by atoms with Crippen LogP contribution in [0.4, 0.5) is 0 Å². The van der Waals surface area contributed by atoms with Gasteiger partial charge in [0.25, 0.3) is 0 Å². The Balaban J connectivity index is 2.39. The maximum Gasteiger partial charge on any atom is 0.128 e. The molecule has 0 aromatic heterocycles. The Hall–Kier alpha value is -1.22. The molecule has 1 atom stereocenters. The molecule has 0 bridgehead atoms. The third kappa shape index (κ3) is 3.03. The molecule has 19 heavy (non-hydrogen) atoms. The number of aromatic hydroxyl groups is 1. The van der Waals surface area contributed by atoms with Crippen LogP contribution in [0.1, 0.15) is 52.1 Å². The highest BCUT2D eigenvalue weighted by Gasteiger charge is 2.36. The molecule has 106 valence electrons. The van der Waals surface area contributed by atoms with Crippen molar-refractivity contribution in [1.29, 1.82) is 0 Å². The zero-order valence-electron chi connectivity index (χ0n) is 12.4. The van der Waals surface area contributed by atoms with Crippen molar-refractivity contribution in [2.45, 2.75) is 52.2 Å². The first kappa shape index (κ1) is 14.2. The largest absolute Gasteiger partial charge is 0.508 e. The van der Waals surface area contributed by atoms with Crippen LogP contribution in [0, 0.1) is 0 Å². The first-order valence-corrected chi connectivity index (χ1v) is 7.23. The van der Waals surface area contributed by atoms with Crippen LogP contribution in [0.25, 0.3) is 0 Å².